The van der Waals surface area contributed by atoms with Crippen LogP contribution in [0, 0.1) is 0 Å². The number of aromatic hydroxyl groups is 2. The van der Waals surface area contributed by atoms with Crippen molar-refractivity contribution < 1.29 is 15.0 Å². The summed E-state index contributed by atoms with van der Waals surface area (Å²) in [7, 11) is 1.55. The van der Waals surface area contributed by atoms with Crippen LogP contribution in [-0.2, 0) is 0 Å². The van der Waals surface area contributed by atoms with E-state index >= 15 is 0 Å². The molecule has 2 aromatic rings. The van der Waals surface area contributed by atoms with Crippen LogP contribution in [0.5, 0.6) is 11.5 Å². The maximum Gasteiger partial charge on any atom is 0.265 e. The second-order valence-electron chi connectivity index (χ2n) is 3.75. The number of aromatic nitrogens is 1. The maximum atomic E-state index is 12.2. The highest BCUT2D eigenvalue weighted by atomic mass is 16.3. The third-order valence-electron chi connectivity index (χ3n) is 2.57. The molecule has 0 radical (unpaired) electrons. The van der Waals surface area contributed by atoms with E-state index in [0.717, 1.165) is 0 Å². The molecule has 0 aliphatic carbocycles. The highest BCUT2D eigenvalue weighted by Gasteiger charge is 2.20. The maximum absolute atomic E-state index is 12.2. The number of carbonyl (C=O) groups is 1. The normalized spacial score (nSPS) is 10.1. The van der Waals surface area contributed by atoms with E-state index in [1.807, 2.05) is 0 Å². The summed E-state index contributed by atoms with van der Waals surface area (Å²) in [5.74, 6) is -1.01. The Morgan fingerprint density at radius 1 is 1.17 bits per heavy atom. The van der Waals surface area contributed by atoms with Crippen LogP contribution in [0.3, 0.4) is 0 Å². The molecular formula is C13H12N2O3. The fourth-order valence-electron chi connectivity index (χ4n) is 1.58. The van der Waals surface area contributed by atoms with Gasteiger partial charge in [-0.05, 0) is 24.3 Å². The summed E-state index contributed by atoms with van der Waals surface area (Å²) in [5.41, 5.74) is 0.453. The molecule has 0 aliphatic heterocycles. The first-order valence-corrected chi connectivity index (χ1v) is 5.30. The van der Waals surface area contributed by atoms with Crippen LogP contribution in [0.15, 0.2) is 42.7 Å². The molecule has 1 amide bonds. The second kappa shape index (κ2) is 4.75. The summed E-state index contributed by atoms with van der Waals surface area (Å²) in [6.45, 7) is 0. The number of rotatable bonds is 2. The van der Waals surface area contributed by atoms with Crippen LogP contribution in [0.2, 0.25) is 0 Å². The predicted molar refractivity (Wildman–Crippen MR) is 66.7 cm³/mol. The number of carbonyl (C=O) groups excluding carboxylic acids is 1. The standard InChI is InChI=1S/C13H12N2O3/c1-15(9-4-3-7-14-8-9)13(18)12-10(16)5-2-6-11(12)17/h2-8,16-17H,1H3. The van der Waals surface area contributed by atoms with Gasteiger partial charge in [0, 0.05) is 13.2 Å². The second-order valence-corrected chi connectivity index (χ2v) is 3.75. The van der Waals surface area contributed by atoms with Crippen molar-refractivity contribution in [2.75, 3.05) is 11.9 Å². The Bertz CT molecular complexity index is 549. The summed E-state index contributed by atoms with van der Waals surface area (Å²) in [6.07, 6.45) is 3.12. The smallest absolute Gasteiger partial charge is 0.265 e. The van der Waals surface area contributed by atoms with E-state index in [9.17, 15) is 15.0 Å². The Morgan fingerprint density at radius 2 is 1.83 bits per heavy atom. The molecule has 0 spiro atoms. The number of phenolic OH excluding ortho intramolecular Hbond substituents is 2. The van der Waals surface area contributed by atoms with Crippen molar-refractivity contribution in [2.24, 2.45) is 0 Å². The highest BCUT2D eigenvalue weighted by Crippen LogP contribution is 2.28. The lowest BCUT2D eigenvalue weighted by Gasteiger charge is -2.17. The topological polar surface area (TPSA) is 73.7 Å². The summed E-state index contributed by atoms with van der Waals surface area (Å²) >= 11 is 0. The zero-order chi connectivity index (χ0) is 13.1. The van der Waals surface area contributed by atoms with Gasteiger partial charge in [-0.1, -0.05) is 6.07 Å². The number of hydrogen-bond donors (Lipinski definition) is 2. The zero-order valence-electron chi connectivity index (χ0n) is 9.74. The van der Waals surface area contributed by atoms with Gasteiger partial charge in [-0.2, -0.15) is 0 Å². The van der Waals surface area contributed by atoms with Gasteiger partial charge < -0.3 is 15.1 Å². The summed E-state index contributed by atoms with van der Waals surface area (Å²) in [6, 6.07) is 7.57. The minimum absolute atomic E-state index is 0.121. The predicted octanol–water partition coefficient (Wildman–Crippen LogP) is 1.77. The Balaban J connectivity index is 2.38. The summed E-state index contributed by atoms with van der Waals surface area (Å²) in [4.78, 5) is 17.4. The first-order chi connectivity index (χ1) is 8.61. The minimum atomic E-state index is -0.501. The summed E-state index contributed by atoms with van der Waals surface area (Å²) < 4.78 is 0. The van der Waals surface area contributed by atoms with Crippen molar-refractivity contribution >= 4 is 11.6 Å². The molecular weight excluding hydrogens is 232 g/mol. The molecule has 0 fully saturated rings. The highest BCUT2D eigenvalue weighted by molar-refractivity contribution is 6.09. The third-order valence-corrected chi connectivity index (χ3v) is 2.57. The van der Waals surface area contributed by atoms with E-state index in [1.165, 1.54) is 29.3 Å². The summed E-state index contributed by atoms with van der Waals surface area (Å²) in [5, 5.41) is 19.3. The monoisotopic (exact) mass is 244 g/mol. The van der Waals surface area contributed by atoms with Gasteiger partial charge in [0.05, 0.1) is 11.9 Å². The molecule has 1 aromatic heterocycles. The lowest BCUT2D eigenvalue weighted by Crippen LogP contribution is -2.26. The largest absolute Gasteiger partial charge is 0.507 e. The van der Waals surface area contributed by atoms with E-state index in [4.69, 9.17) is 0 Å². The lowest BCUT2D eigenvalue weighted by atomic mass is 10.1. The molecule has 0 saturated heterocycles. The van der Waals surface area contributed by atoms with Crippen molar-refractivity contribution in [2.45, 2.75) is 0 Å². The number of amides is 1. The minimum Gasteiger partial charge on any atom is -0.507 e. The molecule has 1 aromatic carbocycles. The first kappa shape index (κ1) is 11.9. The van der Waals surface area contributed by atoms with Crippen LogP contribution in [0.25, 0.3) is 0 Å². The van der Waals surface area contributed by atoms with Gasteiger partial charge in [0.25, 0.3) is 5.91 Å². The molecule has 0 saturated carbocycles. The van der Waals surface area contributed by atoms with Crippen molar-refractivity contribution in [1.82, 2.24) is 4.98 Å². The van der Waals surface area contributed by atoms with Gasteiger partial charge in [-0.15, -0.1) is 0 Å². The fraction of sp³-hybridized carbons (Fsp3) is 0.0769. The molecule has 92 valence electrons. The molecule has 0 unspecified atom stereocenters. The van der Waals surface area contributed by atoms with Crippen molar-refractivity contribution in [3.05, 3.63) is 48.3 Å². The van der Waals surface area contributed by atoms with Crippen LogP contribution >= 0.6 is 0 Å². The lowest BCUT2D eigenvalue weighted by molar-refractivity contribution is 0.0987. The third kappa shape index (κ3) is 2.10. The number of benzene rings is 1. The molecule has 0 atom stereocenters. The molecule has 1 heterocycles. The number of anilines is 1. The van der Waals surface area contributed by atoms with Gasteiger partial charge in [-0.3, -0.25) is 9.78 Å². The molecule has 2 rings (SSSR count). The van der Waals surface area contributed by atoms with Crippen LogP contribution in [0.1, 0.15) is 10.4 Å². The van der Waals surface area contributed by atoms with Crippen molar-refractivity contribution in [3.8, 4) is 11.5 Å². The van der Waals surface area contributed by atoms with Gasteiger partial charge >= 0.3 is 0 Å². The van der Waals surface area contributed by atoms with Gasteiger partial charge in [-0.25, -0.2) is 0 Å². The Hall–Kier alpha value is -2.56. The number of pyridine rings is 1. The average molecular weight is 244 g/mol. The first-order valence-electron chi connectivity index (χ1n) is 5.30. The number of nitrogens with zero attached hydrogens (tertiary/aromatic N) is 2. The van der Waals surface area contributed by atoms with E-state index in [2.05, 4.69) is 4.98 Å². The Morgan fingerprint density at radius 3 is 2.39 bits per heavy atom. The molecule has 2 N–H and O–H groups in total. The molecule has 0 bridgehead atoms. The number of hydrogen-bond acceptors (Lipinski definition) is 4. The van der Waals surface area contributed by atoms with Crippen LogP contribution < -0.4 is 4.90 Å². The Labute approximate surface area is 104 Å². The zero-order valence-corrected chi connectivity index (χ0v) is 9.74. The Kier molecular flexibility index (Phi) is 3.14. The van der Waals surface area contributed by atoms with E-state index < -0.39 is 5.91 Å². The fourth-order valence-corrected chi connectivity index (χ4v) is 1.58. The van der Waals surface area contributed by atoms with Crippen LogP contribution in [-0.4, -0.2) is 28.2 Å². The van der Waals surface area contributed by atoms with Crippen molar-refractivity contribution in [3.63, 3.8) is 0 Å². The SMILES string of the molecule is CN(C(=O)c1c(O)cccc1O)c1cccnc1. The number of phenols is 2. The quantitative estimate of drug-likeness (QED) is 0.844. The molecule has 18 heavy (non-hydrogen) atoms. The van der Waals surface area contributed by atoms with E-state index in [1.54, 1.807) is 25.4 Å². The van der Waals surface area contributed by atoms with Gasteiger partial charge in [0.1, 0.15) is 17.1 Å². The molecule has 5 nitrogen and oxygen atoms in total. The van der Waals surface area contributed by atoms with Crippen LogP contribution in [0.4, 0.5) is 5.69 Å². The van der Waals surface area contributed by atoms with Crippen molar-refractivity contribution in [1.29, 1.82) is 0 Å². The van der Waals surface area contributed by atoms with Gasteiger partial charge in [0.15, 0.2) is 0 Å². The molecule has 0 aliphatic rings. The van der Waals surface area contributed by atoms with E-state index in [-0.39, 0.29) is 17.1 Å². The average Bonchev–Trinajstić information content (AvgIpc) is 2.38. The van der Waals surface area contributed by atoms with Gasteiger partial charge in [0.2, 0.25) is 0 Å². The molecule has 5 heteroatoms. The van der Waals surface area contributed by atoms with E-state index in [0.29, 0.717) is 5.69 Å².